The van der Waals surface area contributed by atoms with Crippen molar-refractivity contribution in [2.45, 2.75) is 18.9 Å². The van der Waals surface area contributed by atoms with Crippen molar-refractivity contribution in [3.63, 3.8) is 0 Å². The second-order valence-corrected chi connectivity index (χ2v) is 5.24. The normalized spacial score (nSPS) is 17.3. The van der Waals surface area contributed by atoms with E-state index in [-0.39, 0.29) is 6.10 Å². The van der Waals surface area contributed by atoms with Gasteiger partial charge < -0.3 is 15.0 Å². The number of fused-ring (bicyclic) bond motifs is 1. The summed E-state index contributed by atoms with van der Waals surface area (Å²) in [6.07, 6.45) is 2.34. The number of anilines is 1. The summed E-state index contributed by atoms with van der Waals surface area (Å²) in [4.78, 5) is 11.3. The SMILES string of the molecule is CNc1nc(OC2CCN(C)CC2)c2ccccc2n1. The van der Waals surface area contributed by atoms with Crippen LogP contribution in [0.1, 0.15) is 12.8 Å². The van der Waals surface area contributed by atoms with Gasteiger partial charge >= 0.3 is 0 Å². The lowest BCUT2D eigenvalue weighted by Crippen LogP contribution is -2.35. The van der Waals surface area contributed by atoms with E-state index in [9.17, 15) is 0 Å². The third-order valence-corrected chi connectivity index (χ3v) is 3.74. The fourth-order valence-electron chi connectivity index (χ4n) is 2.51. The van der Waals surface area contributed by atoms with Crippen molar-refractivity contribution in [3.8, 4) is 5.88 Å². The first-order chi connectivity index (χ1) is 9.76. The van der Waals surface area contributed by atoms with Gasteiger partial charge in [0.1, 0.15) is 6.10 Å². The summed E-state index contributed by atoms with van der Waals surface area (Å²) in [5.41, 5.74) is 0.912. The second kappa shape index (κ2) is 5.63. The van der Waals surface area contributed by atoms with Crippen molar-refractivity contribution >= 4 is 16.9 Å². The number of para-hydroxylation sites is 1. The number of hydrogen-bond donors (Lipinski definition) is 1. The van der Waals surface area contributed by atoms with Gasteiger partial charge in [0, 0.05) is 20.1 Å². The van der Waals surface area contributed by atoms with E-state index in [0.717, 1.165) is 36.8 Å². The van der Waals surface area contributed by atoms with Crippen LogP contribution in [0.5, 0.6) is 5.88 Å². The number of aromatic nitrogens is 2. The quantitative estimate of drug-likeness (QED) is 0.927. The van der Waals surface area contributed by atoms with Gasteiger partial charge in [-0.3, -0.25) is 0 Å². The molecule has 0 saturated carbocycles. The number of rotatable bonds is 3. The van der Waals surface area contributed by atoms with E-state index in [0.29, 0.717) is 11.8 Å². The number of nitrogens with zero attached hydrogens (tertiary/aromatic N) is 3. The maximum atomic E-state index is 6.14. The van der Waals surface area contributed by atoms with Crippen LogP contribution in [0.3, 0.4) is 0 Å². The molecule has 1 saturated heterocycles. The van der Waals surface area contributed by atoms with Gasteiger partial charge in [-0.25, -0.2) is 4.98 Å². The van der Waals surface area contributed by atoms with Crippen LogP contribution >= 0.6 is 0 Å². The Hall–Kier alpha value is -1.88. The number of nitrogens with one attached hydrogen (secondary N) is 1. The Balaban J connectivity index is 1.89. The molecule has 1 fully saturated rings. The zero-order chi connectivity index (χ0) is 13.9. The van der Waals surface area contributed by atoms with E-state index in [2.05, 4.69) is 27.2 Å². The zero-order valence-electron chi connectivity index (χ0n) is 12.0. The van der Waals surface area contributed by atoms with E-state index >= 15 is 0 Å². The highest BCUT2D eigenvalue weighted by Gasteiger charge is 2.20. The predicted molar refractivity (Wildman–Crippen MR) is 80.2 cm³/mol. The third-order valence-electron chi connectivity index (χ3n) is 3.74. The van der Waals surface area contributed by atoms with E-state index in [1.54, 1.807) is 0 Å². The molecule has 20 heavy (non-hydrogen) atoms. The molecule has 2 heterocycles. The Kier molecular flexibility index (Phi) is 3.69. The molecule has 0 atom stereocenters. The van der Waals surface area contributed by atoms with Gasteiger partial charge in [0.25, 0.3) is 0 Å². The Morgan fingerprint density at radius 1 is 1.20 bits per heavy atom. The van der Waals surface area contributed by atoms with Gasteiger partial charge in [0.15, 0.2) is 0 Å². The first kappa shape index (κ1) is 13.1. The number of hydrogen-bond acceptors (Lipinski definition) is 5. The van der Waals surface area contributed by atoms with Crippen LogP contribution < -0.4 is 10.1 Å². The van der Waals surface area contributed by atoms with Crippen molar-refractivity contribution in [3.05, 3.63) is 24.3 Å². The monoisotopic (exact) mass is 272 g/mol. The summed E-state index contributed by atoms with van der Waals surface area (Å²) in [7, 11) is 3.97. The fourth-order valence-corrected chi connectivity index (χ4v) is 2.51. The average Bonchev–Trinajstić information content (AvgIpc) is 2.49. The maximum absolute atomic E-state index is 6.14. The lowest BCUT2D eigenvalue weighted by Gasteiger charge is -2.29. The molecule has 1 aliphatic rings. The lowest BCUT2D eigenvalue weighted by molar-refractivity contribution is 0.111. The number of piperidine rings is 1. The molecule has 0 bridgehead atoms. The summed E-state index contributed by atoms with van der Waals surface area (Å²) >= 11 is 0. The summed E-state index contributed by atoms with van der Waals surface area (Å²) in [5.74, 6) is 1.29. The van der Waals surface area contributed by atoms with Crippen molar-refractivity contribution in [2.24, 2.45) is 0 Å². The van der Waals surface area contributed by atoms with Crippen LogP contribution in [0, 0.1) is 0 Å². The molecule has 106 valence electrons. The Morgan fingerprint density at radius 3 is 2.70 bits per heavy atom. The molecule has 0 radical (unpaired) electrons. The maximum Gasteiger partial charge on any atom is 0.226 e. The lowest BCUT2D eigenvalue weighted by atomic mass is 10.1. The standard InChI is InChI=1S/C15H20N4O/c1-16-15-17-13-6-4-3-5-12(13)14(18-15)20-11-7-9-19(2)10-8-11/h3-6,11H,7-10H2,1-2H3,(H,16,17,18). The molecule has 3 rings (SSSR count). The van der Waals surface area contributed by atoms with Crippen LogP contribution in [-0.4, -0.2) is 48.2 Å². The van der Waals surface area contributed by atoms with Crippen LogP contribution in [0.4, 0.5) is 5.95 Å². The second-order valence-electron chi connectivity index (χ2n) is 5.24. The summed E-state index contributed by atoms with van der Waals surface area (Å²) in [6.45, 7) is 2.15. The van der Waals surface area contributed by atoms with Crippen LogP contribution in [0.15, 0.2) is 24.3 Å². The van der Waals surface area contributed by atoms with Gasteiger partial charge in [-0.1, -0.05) is 12.1 Å². The van der Waals surface area contributed by atoms with Crippen molar-refractivity contribution in [1.82, 2.24) is 14.9 Å². The van der Waals surface area contributed by atoms with Crippen LogP contribution in [0.25, 0.3) is 10.9 Å². The zero-order valence-corrected chi connectivity index (χ0v) is 12.0. The summed E-state index contributed by atoms with van der Waals surface area (Å²) < 4.78 is 6.14. The molecule has 1 aliphatic heterocycles. The molecule has 1 aromatic carbocycles. The topological polar surface area (TPSA) is 50.3 Å². The Bertz CT molecular complexity index is 593. The number of likely N-dealkylation sites (tertiary alicyclic amines) is 1. The first-order valence-corrected chi connectivity index (χ1v) is 7.06. The highest BCUT2D eigenvalue weighted by molar-refractivity contribution is 5.84. The van der Waals surface area contributed by atoms with Gasteiger partial charge in [-0.15, -0.1) is 0 Å². The molecule has 1 N–H and O–H groups in total. The van der Waals surface area contributed by atoms with Crippen molar-refractivity contribution in [2.75, 3.05) is 32.5 Å². The van der Waals surface area contributed by atoms with E-state index in [4.69, 9.17) is 4.74 Å². The highest BCUT2D eigenvalue weighted by Crippen LogP contribution is 2.26. The van der Waals surface area contributed by atoms with Crippen LogP contribution in [-0.2, 0) is 0 Å². The molecule has 0 amide bonds. The minimum Gasteiger partial charge on any atom is -0.474 e. The van der Waals surface area contributed by atoms with Gasteiger partial charge in [-0.2, -0.15) is 4.98 Å². The fraction of sp³-hybridized carbons (Fsp3) is 0.467. The molecule has 2 aromatic rings. The van der Waals surface area contributed by atoms with Crippen LogP contribution in [0.2, 0.25) is 0 Å². The molecular formula is C15H20N4O. The largest absolute Gasteiger partial charge is 0.474 e. The third kappa shape index (κ3) is 2.67. The molecule has 5 nitrogen and oxygen atoms in total. The predicted octanol–water partition coefficient (Wildman–Crippen LogP) is 2.14. The highest BCUT2D eigenvalue weighted by atomic mass is 16.5. The molecule has 0 aliphatic carbocycles. The first-order valence-electron chi connectivity index (χ1n) is 7.06. The smallest absolute Gasteiger partial charge is 0.226 e. The van der Waals surface area contributed by atoms with E-state index in [1.165, 1.54) is 0 Å². The minimum atomic E-state index is 0.245. The average molecular weight is 272 g/mol. The van der Waals surface area contributed by atoms with E-state index in [1.807, 2.05) is 31.3 Å². The summed E-state index contributed by atoms with van der Waals surface area (Å²) in [5, 5.41) is 3.97. The van der Waals surface area contributed by atoms with Gasteiger partial charge in [-0.05, 0) is 32.0 Å². The molecule has 5 heteroatoms. The van der Waals surface area contributed by atoms with Gasteiger partial charge in [0.05, 0.1) is 10.9 Å². The molecule has 1 aromatic heterocycles. The van der Waals surface area contributed by atoms with E-state index < -0.39 is 0 Å². The molecule has 0 spiro atoms. The molecular weight excluding hydrogens is 252 g/mol. The molecule has 0 unspecified atom stereocenters. The van der Waals surface area contributed by atoms with Crippen molar-refractivity contribution < 1.29 is 4.74 Å². The Morgan fingerprint density at radius 2 is 1.95 bits per heavy atom. The number of ether oxygens (including phenoxy) is 1. The minimum absolute atomic E-state index is 0.245. The summed E-state index contributed by atoms with van der Waals surface area (Å²) in [6, 6.07) is 7.97. The Labute approximate surface area is 119 Å². The number of benzene rings is 1. The van der Waals surface area contributed by atoms with Crippen molar-refractivity contribution in [1.29, 1.82) is 0 Å². The van der Waals surface area contributed by atoms with Gasteiger partial charge in [0.2, 0.25) is 11.8 Å².